The molecule has 5 nitrogen and oxygen atoms in total. The number of hydrogen-bond donors (Lipinski definition) is 1. The van der Waals surface area contributed by atoms with Crippen LogP contribution in [0.5, 0.6) is 0 Å². The molecule has 0 radical (unpaired) electrons. The molecule has 0 aliphatic carbocycles. The fourth-order valence-corrected chi connectivity index (χ4v) is 0.660. The summed E-state index contributed by atoms with van der Waals surface area (Å²) < 4.78 is 43.7. The maximum atomic E-state index is 11.6. The lowest BCUT2D eigenvalue weighted by atomic mass is 10.4. The predicted molar refractivity (Wildman–Crippen MR) is 47.5 cm³/mol. The minimum absolute atomic E-state index is 0.172. The van der Waals surface area contributed by atoms with E-state index in [4.69, 9.17) is 0 Å². The molecule has 1 N–H and O–H groups in total. The third-order valence-electron chi connectivity index (χ3n) is 1.31. The Hall–Kier alpha value is -0.860. The van der Waals surface area contributed by atoms with Crippen molar-refractivity contribution in [3.8, 4) is 0 Å². The molecule has 0 unspecified atom stereocenters. The van der Waals surface area contributed by atoms with Crippen LogP contribution in [-0.4, -0.2) is 45.6 Å². The minimum Gasteiger partial charge on any atom is -0.382 e. The van der Waals surface area contributed by atoms with Crippen molar-refractivity contribution in [2.45, 2.75) is 12.6 Å². The molecule has 0 aliphatic rings. The fraction of sp³-hybridized carbons (Fsp3) is 0.875. The number of hydroxylamine groups is 1. The highest BCUT2D eigenvalue weighted by Crippen LogP contribution is 2.14. The second-order valence-corrected chi connectivity index (χ2v) is 2.78. The van der Waals surface area contributed by atoms with E-state index in [1.807, 2.05) is 5.48 Å². The monoisotopic (exact) mass is 245 g/mol. The molecule has 0 saturated heterocycles. The molecule has 0 heterocycles. The van der Waals surface area contributed by atoms with Gasteiger partial charge >= 0.3 is 6.18 Å². The summed E-state index contributed by atoms with van der Waals surface area (Å²) in [6, 6.07) is 0. The molecular formula is C8H14F3NO4. The van der Waals surface area contributed by atoms with Crippen LogP contribution >= 0.6 is 0 Å². The summed E-state index contributed by atoms with van der Waals surface area (Å²) in [5.41, 5.74) is 2.03. The van der Waals surface area contributed by atoms with Gasteiger partial charge < -0.3 is 9.47 Å². The van der Waals surface area contributed by atoms with E-state index in [1.165, 1.54) is 7.11 Å². The van der Waals surface area contributed by atoms with Crippen molar-refractivity contribution in [2.75, 3.05) is 33.5 Å². The second-order valence-electron chi connectivity index (χ2n) is 2.78. The van der Waals surface area contributed by atoms with Crippen molar-refractivity contribution in [1.29, 1.82) is 0 Å². The number of amides is 1. The van der Waals surface area contributed by atoms with E-state index in [9.17, 15) is 18.0 Å². The molecule has 0 fully saturated rings. The van der Waals surface area contributed by atoms with Gasteiger partial charge in [-0.3, -0.25) is 9.63 Å². The normalized spacial score (nSPS) is 11.5. The van der Waals surface area contributed by atoms with E-state index in [1.54, 1.807) is 0 Å². The Labute approximate surface area is 90.8 Å². The SMILES string of the molecule is COCCONC(=O)CCOCC(F)(F)F. The van der Waals surface area contributed by atoms with Crippen LogP contribution in [0.15, 0.2) is 0 Å². The van der Waals surface area contributed by atoms with Crippen molar-refractivity contribution in [2.24, 2.45) is 0 Å². The summed E-state index contributed by atoms with van der Waals surface area (Å²) in [5, 5.41) is 0. The number of carbonyl (C=O) groups excluding carboxylic acids is 1. The molecule has 0 aromatic carbocycles. The lowest BCUT2D eigenvalue weighted by Crippen LogP contribution is -2.27. The lowest BCUT2D eigenvalue weighted by Gasteiger charge is -2.08. The average Bonchev–Trinajstić information content (AvgIpc) is 2.18. The molecule has 0 rings (SSSR count). The fourth-order valence-electron chi connectivity index (χ4n) is 0.660. The summed E-state index contributed by atoms with van der Waals surface area (Å²) in [6.07, 6.45) is -4.56. The Morgan fingerprint density at radius 3 is 2.50 bits per heavy atom. The second kappa shape index (κ2) is 8.31. The van der Waals surface area contributed by atoms with Crippen LogP contribution in [0.3, 0.4) is 0 Å². The molecule has 96 valence electrons. The first-order valence-electron chi connectivity index (χ1n) is 4.50. The number of rotatable bonds is 8. The van der Waals surface area contributed by atoms with E-state index in [2.05, 4.69) is 14.3 Å². The first-order chi connectivity index (χ1) is 7.45. The van der Waals surface area contributed by atoms with Gasteiger partial charge in [0.2, 0.25) is 5.91 Å². The Morgan fingerprint density at radius 1 is 1.25 bits per heavy atom. The summed E-state index contributed by atoms with van der Waals surface area (Å²) >= 11 is 0. The molecule has 0 aromatic heterocycles. The van der Waals surface area contributed by atoms with E-state index >= 15 is 0 Å². The molecule has 0 aromatic rings. The van der Waals surface area contributed by atoms with E-state index in [0.29, 0.717) is 6.61 Å². The molecule has 8 heteroatoms. The lowest BCUT2D eigenvalue weighted by molar-refractivity contribution is -0.175. The van der Waals surface area contributed by atoms with E-state index < -0.39 is 18.7 Å². The first kappa shape index (κ1) is 15.1. The van der Waals surface area contributed by atoms with Crippen molar-refractivity contribution in [3.05, 3.63) is 0 Å². The summed E-state index contributed by atoms with van der Waals surface area (Å²) in [6.45, 7) is -1.18. The molecular weight excluding hydrogens is 231 g/mol. The first-order valence-corrected chi connectivity index (χ1v) is 4.50. The van der Waals surface area contributed by atoms with Crippen LogP contribution in [0.4, 0.5) is 13.2 Å². The molecule has 0 bridgehead atoms. The highest BCUT2D eigenvalue weighted by atomic mass is 19.4. The highest BCUT2D eigenvalue weighted by molar-refractivity contribution is 5.74. The summed E-state index contributed by atoms with van der Waals surface area (Å²) in [4.78, 5) is 15.5. The average molecular weight is 245 g/mol. The molecule has 0 spiro atoms. The van der Waals surface area contributed by atoms with Crippen molar-refractivity contribution in [3.63, 3.8) is 0 Å². The van der Waals surface area contributed by atoms with Crippen LogP contribution in [0, 0.1) is 0 Å². The molecule has 16 heavy (non-hydrogen) atoms. The van der Waals surface area contributed by atoms with Crippen LogP contribution in [0.25, 0.3) is 0 Å². The molecule has 0 aliphatic heterocycles. The van der Waals surface area contributed by atoms with Gasteiger partial charge in [0.05, 0.1) is 26.2 Å². The van der Waals surface area contributed by atoms with Gasteiger partial charge in [-0.25, -0.2) is 5.48 Å². The van der Waals surface area contributed by atoms with Crippen molar-refractivity contribution < 1.29 is 32.3 Å². The van der Waals surface area contributed by atoms with Crippen LogP contribution in [0.2, 0.25) is 0 Å². The number of hydrogen-bond acceptors (Lipinski definition) is 4. The van der Waals surface area contributed by atoms with Gasteiger partial charge in [-0.15, -0.1) is 0 Å². The highest BCUT2D eigenvalue weighted by Gasteiger charge is 2.27. The molecule has 0 atom stereocenters. The molecule has 0 saturated carbocycles. The van der Waals surface area contributed by atoms with Gasteiger partial charge in [-0.2, -0.15) is 13.2 Å². The zero-order valence-electron chi connectivity index (χ0n) is 8.80. The molecule has 1 amide bonds. The number of alkyl halides is 3. The standard InChI is InChI=1S/C8H14F3NO4/c1-14-4-5-16-12-7(13)2-3-15-6-8(9,10)11/h2-6H2,1H3,(H,12,13). The zero-order chi connectivity index (χ0) is 12.4. The smallest absolute Gasteiger partial charge is 0.382 e. The third-order valence-corrected chi connectivity index (χ3v) is 1.31. The van der Waals surface area contributed by atoms with Crippen molar-refractivity contribution >= 4 is 5.91 Å². The van der Waals surface area contributed by atoms with Crippen LogP contribution < -0.4 is 5.48 Å². The zero-order valence-corrected chi connectivity index (χ0v) is 8.80. The minimum atomic E-state index is -4.37. The quantitative estimate of drug-likeness (QED) is 0.504. The van der Waals surface area contributed by atoms with Gasteiger partial charge in [0.1, 0.15) is 6.61 Å². The number of carbonyl (C=O) groups is 1. The summed E-state index contributed by atoms with van der Waals surface area (Å²) in [5.74, 6) is -0.543. The Morgan fingerprint density at radius 2 is 1.94 bits per heavy atom. The number of methoxy groups -OCH3 is 1. The Kier molecular flexibility index (Phi) is 7.86. The number of ether oxygens (including phenoxy) is 2. The largest absolute Gasteiger partial charge is 0.411 e. The Bertz CT molecular complexity index is 198. The maximum absolute atomic E-state index is 11.6. The van der Waals surface area contributed by atoms with Gasteiger partial charge in [0.25, 0.3) is 0 Å². The predicted octanol–water partition coefficient (Wildman–Crippen LogP) is 0.650. The third kappa shape index (κ3) is 11.2. The van der Waals surface area contributed by atoms with E-state index in [0.717, 1.165) is 0 Å². The number of halogens is 3. The maximum Gasteiger partial charge on any atom is 0.411 e. The van der Waals surface area contributed by atoms with Gasteiger partial charge in [-0.1, -0.05) is 0 Å². The van der Waals surface area contributed by atoms with Crippen LogP contribution in [-0.2, 0) is 19.1 Å². The topological polar surface area (TPSA) is 56.8 Å². The number of nitrogens with one attached hydrogen (secondary N) is 1. The Balaban J connectivity index is 3.31. The van der Waals surface area contributed by atoms with E-state index in [-0.39, 0.29) is 19.6 Å². The summed E-state index contributed by atoms with van der Waals surface area (Å²) in [7, 11) is 1.47. The van der Waals surface area contributed by atoms with Crippen molar-refractivity contribution in [1.82, 2.24) is 5.48 Å². The van der Waals surface area contributed by atoms with Gasteiger partial charge in [0.15, 0.2) is 0 Å². The van der Waals surface area contributed by atoms with Gasteiger partial charge in [-0.05, 0) is 0 Å². The van der Waals surface area contributed by atoms with Crippen LogP contribution in [0.1, 0.15) is 6.42 Å². The van der Waals surface area contributed by atoms with Gasteiger partial charge in [0, 0.05) is 7.11 Å².